The van der Waals surface area contributed by atoms with Crippen molar-refractivity contribution in [3.05, 3.63) is 0 Å². The van der Waals surface area contributed by atoms with E-state index in [0.29, 0.717) is 0 Å². The molecule has 1 heterocycles. The summed E-state index contributed by atoms with van der Waals surface area (Å²) in [4.78, 5) is 0. The lowest BCUT2D eigenvalue weighted by Gasteiger charge is -2.40. The molecule has 0 saturated carbocycles. The van der Waals surface area contributed by atoms with E-state index in [-0.39, 0.29) is 12.0 Å². The Balaban J connectivity index is 2.63. The van der Waals surface area contributed by atoms with Crippen LogP contribution < -0.4 is 5.73 Å². The molecule has 5 N–H and O–H groups in total. The SMILES string of the molecule is CCSC1O[C@H](CO)[C@H](O)[C@H](O)[C@H]1N. The molecular formula is C8H17NO4S. The normalized spacial score (nSPS) is 43.9. The Hall–Kier alpha value is 0.150. The van der Waals surface area contributed by atoms with Crippen molar-refractivity contribution < 1.29 is 20.1 Å². The molecule has 0 amide bonds. The fourth-order valence-corrected chi connectivity index (χ4v) is 2.35. The molecular weight excluding hydrogens is 206 g/mol. The highest BCUT2D eigenvalue weighted by molar-refractivity contribution is 7.99. The predicted octanol–water partition coefficient (Wildman–Crippen LogP) is -1.49. The average Bonchev–Trinajstić information content (AvgIpc) is 2.19. The molecule has 0 aliphatic carbocycles. The lowest BCUT2D eigenvalue weighted by Crippen LogP contribution is -2.60. The molecule has 5 atom stereocenters. The van der Waals surface area contributed by atoms with Crippen LogP contribution in [0.15, 0.2) is 0 Å². The van der Waals surface area contributed by atoms with Gasteiger partial charge in [-0.05, 0) is 5.75 Å². The number of nitrogens with two attached hydrogens (primary N) is 1. The zero-order chi connectivity index (χ0) is 10.7. The summed E-state index contributed by atoms with van der Waals surface area (Å²) in [5, 5.41) is 27.9. The molecule has 0 aromatic carbocycles. The van der Waals surface area contributed by atoms with Crippen LogP contribution in [0.1, 0.15) is 6.92 Å². The van der Waals surface area contributed by atoms with Crippen molar-refractivity contribution in [2.75, 3.05) is 12.4 Å². The Morgan fingerprint density at radius 3 is 2.50 bits per heavy atom. The molecule has 5 nitrogen and oxygen atoms in total. The van der Waals surface area contributed by atoms with E-state index in [1.807, 2.05) is 6.92 Å². The number of thioether (sulfide) groups is 1. The van der Waals surface area contributed by atoms with Crippen molar-refractivity contribution in [1.29, 1.82) is 0 Å². The summed E-state index contributed by atoms with van der Waals surface area (Å²) in [6, 6.07) is -0.613. The van der Waals surface area contributed by atoms with Gasteiger partial charge in [0.05, 0.1) is 12.6 Å². The quantitative estimate of drug-likeness (QED) is 0.465. The Morgan fingerprint density at radius 2 is 2.00 bits per heavy atom. The first-order valence-corrected chi connectivity index (χ1v) is 5.66. The molecule has 6 heteroatoms. The van der Waals surface area contributed by atoms with E-state index in [1.54, 1.807) is 0 Å². The van der Waals surface area contributed by atoms with E-state index in [2.05, 4.69) is 0 Å². The van der Waals surface area contributed by atoms with Crippen LogP contribution in [0.25, 0.3) is 0 Å². The summed E-state index contributed by atoms with van der Waals surface area (Å²) >= 11 is 1.46. The van der Waals surface area contributed by atoms with Crippen molar-refractivity contribution in [2.45, 2.75) is 36.7 Å². The topological polar surface area (TPSA) is 95.9 Å². The maximum absolute atomic E-state index is 9.57. The number of hydrogen-bond donors (Lipinski definition) is 4. The molecule has 0 aromatic heterocycles. The van der Waals surface area contributed by atoms with E-state index in [4.69, 9.17) is 15.6 Å². The van der Waals surface area contributed by atoms with Crippen LogP contribution >= 0.6 is 11.8 Å². The summed E-state index contributed by atoms with van der Waals surface area (Å²) in [5.74, 6) is 0.805. The second-order valence-electron chi connectivity index (χ2n) is 3.24. The average molecular weight is 223 g/mol. The third-order valence-electron chi connectivity index (χ3n) is 2.26. The summed E-state index contributed by atoms with van der Waals surface area (Å²) in [6.07, 6.45) is -2.89. The fraction of sp³-hybridized carbons (Fsp3) is 1.00. The van der Waals surface area contributed by atoms with E-state index < -0.39 is 24.4 Å². The van der Waals surface area contributed by atoms with Gasteiger partial charge in [0, 0.05) is 0 Å². The van der Waals surface area contributed by atoms with E-state index in [1.165, 1.54) is 11.8 Å². The van der Waals surface area contributed by atoms with Gasteiger partial charge in [0.1, 0.15) is 23.7 Å². The smallest absolute Gasteiger partial charge is 0.121 e. The maximum Gasteiger partial charge on any atom is 0.121 e. The zero-order valence-electron chi connectivity index (χ0n) is 8.04. The van der Waals surface area contributed by atoms with Crippen molar-refractivity contribution >= 4 is 11.8 Å². The monoisotopic (exact) mass is 223 g/mol. The van der Waals surface area contributed by atoms with Crippen LogP contribution in [0.5, 0.6) is 0 Å². The van der Waals surface area contributed by atoms with Gasteiger partial charge in [0.2, 0.25) is 0 Å². The highest BCUT2D eigenvalue weighted by Crippen LogP contribution is 2.26. The number of hydrogen-bond acceptors (Lipinski definition) is 6. The summed E-state index contributed by atoms with van der Waals surface area (Å²) in [5.41, 5.74) is 5.31. The molecule has 0 radical (unpaired) electrons. The second kappa shape index (κ2) is 5.29. The molecule has 14 heavy (non-hydrogen) atoms. The molecule has 1 rings (SSSR count). The highest BCUT2D eigenvalue weighted by atomic mass is 32.2. The van der Waals surface area contributed by atoms with Gasteiger partial charge in [-0.25, -0.2) is 0 Å². The molecule has 0 spiro atoms. The van der Waals surface area contributed by atoms with Crippen molar-refractivity contribution in [2.24, 2.45) is 5.73 Å². The lowest BCUT2D eigenvalue weighted by atomic mass is 9.99. The summed E-state index contributed by atoms with van der Waals surface area (Å²) in [7, 11) is 0. The predicted molar refractivity (Wildman–Crippen MR) is 53.9 cm³/mol. The van der Waals surface area contributed by atoms with Crippen molar-refractivity contribution in [3.8, 4) is 0 Å². The van der Waals surface area contributed by atoms with Crippen LogP contribution in [-0.2, 0) is 4.74 Å². The van der Waals surface area contributed by atoms with Crippen LogP contribution in [0.3, 0.4) is 0 Å². The van der Waals surface area contributed by atoms with Crippen LogP contribution in [0.2, 0.25) is 0 Å². The van der Waals surface area contributed by atoms with Crippen molar-refractivity contribution in [1.82, 2.24) is 0 Å². The molecule has 1 unspecified atom stereocenters. The molecule has 1 aliphatic heterocycles. The molecule has 1 fully saturated rings. The number of rotatable bonds is 3. The van der Waals surface area contributed by atoms with E-state index in [9.17, 15) is 10.2 Å². The Labute approximate surface area is 87.2 Å². The first-order chi connectivity index (χ1) is 6.61. The van der Waals surface area contributed by atoms with Gasteiger partial charge in [-0.2, -0.15) is 0 Å². The van der Waals surface area contributed by atoms with Gasteiger partial charge in [0.15, 0.2) is 0 Å². The number of ether oxygens (including phenoxy) is 1. The molecule has 0 aromatic rings. The molecule has 1 saturated heterocycles. The van der Waals surface area contributed by atoms with Crippen LogP contribution in [0.4, 0.5) is 0 Å². The summed E-state index contributed by atoms with van der Waals surface area (Å²) in [6.45, 7) is 1.64. The maximum atomic E-state index is 9.57. The Bertz CT molecular complexity index is 179. The molecule has 1 aliphatic rings. The lowest BCUT2D eigenvalue weighted by molar-refractivity contribution is -0.165. The van der Waals surface area contributed by atoms with Crippen molar-refractivity contribution in [3.63, 3.8) is 0 Å². The van der Waals surface area contributed by atoms with Crippen LogP contribution in [-0.4, -0.2) is 57.5 Å². The summed E-state index contributed by atoms with van der Waals surface area (Å²) < 4.78 is 5.35. The first kappa shape index (κ1) is 12.2. The minimum Gasteiger partial charge on any atom is -0.394 e. The Morgan fingerprint density at radius 1 is 1.36 bits per heavy atom. The van der Waals surface area contributed by atoms with Gasteiger partial charge >= 0.3 is 0 Å². The number of aliphatic hydroxyl groups is 3. The van der Waals surface area contributed by atoms with Gasteiger partial charge < -0.3 is 25.8 Å². The third-order valence-corrected chi connectivity index (χ3v) is 3.35. The Kier molecular flexibility index (Phi) is 4.62. The number of aliphatic hydroxyl groups excluding tert-OH is 3. The van der Waals surface area contributed by atoms with Gasteiger partial charge in [-0.1, -0.05) is 6.92 Å². The van der Waals surface area contributed by atoms with Gasteiger partial charge in [-0.15, -0.1) is 11.8 Å². The molecule has 0 bridgehead atoms. The third kappa shape index (κ3) is 2.39. The standard InChI is InChI=1S/C8H17NO4S/c1-2-14-8-5(9)7(12)6(11)4(3-10)13-8/h4-8,10-12H,2-3,9H2,1H3/t4-,5-,6+,7-,8?/m1/s1. The largest absolute Gasteiger partial charge is 0.394 e. The minimum atomic E-state index is -1.11. The minimum absolute atomic E-state index is 0.314. The van der Waals surface area contributed by atoms with E-state index in [0.717, 1.165) is 5.75 Å². The fourth-order valence-electron chi connectivity index (χ4n) is 1.42. The second-order valence-corrected chi connectivity index (χ2v) is 4.61. The molecule has 84 valence electrons. The van der Waals surface area contributed by atoms with Gasteiger partial charge in [0.25, 0.3) is 0 Å². The van der Waals surface area contributed by atoms with Crippen LogP contribution in [0, 0.1) is 0 Å². The first-order valence-electron chi connectivity index (χ1n) is 4.61. The zero-order valence-corrected chi connectivity index (χ0v) is 8.85. The van der Waals surface area contributed by atoms with Gasteiger partial charge in [-0.3, -0.25) is 0 Å². The highest BCUT2D eigenvalue weighted by Gasteiger charge is 2.42. The van der Waals surface area contributed by atoms with E-state index >= 15 is 0 Å².